The fourth-order valence-electron chi connectivity index (χ4n) is 4.57. The zero-order chi connectivity index (χ0) is 20.3. The molecule has 2 heterocycles. The predicted octanol–water partition coefficient (Wildman–Crippen LogP) is 6.72. The number of benzene rings is 3. The van der Waals surface area contributed by atoms with E-state index in [4.69, 9.17) is 4.74 Å². The maximum atomic E-state index is 14.6. The largest absolute Gasteiger partial charge is 0.477 e. The quantitative estimate of drug-likeness (QED) is 0.499. The van der Waals surface area contributed by atoms with Gasteiger partial charge < -0.3 is 10.1 Å². The fraction of sp³-hybridized carbons (Fsp3) is 0.200. The van der Waals surface area contributed by atoms with E-state index in [1.165, 1.54) is 6.07 Å². The van der Waals surface area contributed by atoms with Crippen LogP contribution in [0.1, 0.15) is 43.6 Å². The summed E-state index contributed by atoms with van der Waals surface area (Å²) in [6.07, 6.45) is 1.69. The lowest BCUT2D eigenvalue weighted by Gasteiger charge is -2.37. The van der Waals surface area contributed by atoms with Gasteiger partial charge in [0.2, 0.25) is 0 Å². The molecular formula is C25H21F2NO. The topological polar surface area (TPSA) is 21.3 Å². The van der Waals surface area contributed by atoms with E-state index in [0.29, 0.717) is 5.56 Å². The van der Waals surface area contributed by atoms with E-state index in [-0.39, 0.29) is 11.3 Å². The van der Waals surface area contributed by atoms with Crippen LogP contribution in [-0.2, 0) is 0 Å². The number of fused-ring (bicyclic) bond motifs is 5. The van der Waals surface area contributed by atoms with Crippen molar-refractivity contribution in [1.29, 1.82) is 0 Å². The minimum absolute atomic E-state index is 0.0958. The van der Waals surface area contributed by atoms with Gasteiger partial charge in [-0.2, -0.15) is 0 Å². The zero-order valence-corrected chi connectivity index (χ0v) is 16.5. The van der Waals surface area contributed by atoms with Crippen molar-refractivity contribution in [3.05, 3.63) is 89.0 Å². The highest BCUT2D eigenvalue weighted by molar-refractivity contribution is 5.90. The lowest BCUT2D eigenvalue weighted by Crippen LogP contribution is -2.32. The second kappa shape index (κ2) is 6.18. The third-order valence-corrected chi connectivity index (χ3v) is 5.57. The van der Waals surface area contributed by atoms with Gasteiger partial charge in [-0.15, -0.1) is 0 Å². The molecule has 29 heavy (non-hydrogen) atoms. The molecule has 2 aliphatic rings. The summed E-state index contributed by atoms with van der Waals surface area (Å²) < 4.78 is 34.9. The summed E-state index contributed by atoms with van der Waals surface area (Å²) >= 11 is 0. The Hall–Kier alpha value is -3.14. The number of anilines is 1. The standard InChI is InChI=1S/C25H21F2NO/c1-14-13-25(2,3)28-20-10-9-17-18-11-16(26)12-19(27)24(18)29-23(22(17)21(14)20)15-7-5-4-6-8-15/h4-13,23,28H,1-3H3. The van der Waals surface area contributed by atoms with Crippen LogP contribution in [0, 0.1) is 11.6 Å². The lowest BCUT2D eigenvalue weighted by molar-refractivity contribution is 0.231. The second-order valence-corrected chi connectivity index (χ2v) is 8.30. The Morgan fingerprint density at radius 3 is 2.48 bits per heavy atom. The number of allylic oxidation sites excluding steroid dienone is 1. The van der Waals surface area contributed by atoms with Gasteiger partial charge in [0.25, 0.3) is 0 Å². The minimum Gasteiger partial charge on any atom is -0.477 e. The highest BCUT2D eigenvalue weighted by Crippen LogP contribution is 2.51. The molecule has 146 valence electrons. The summed E-state index contributed by atoms with van der Waals surface area (Å²) in [7, 11) is 0. The average molecular weight is 389 g/mol. The van der Waals surface area contributed by atoms with E-state index in [0.717, 1.165) is 39.6 Å². The van der Waals surface area contributed by atoms with E-state index in [2.05, 4.69) is 32.2 Å². The minimum atomic E-state index is -0.684. The van der Waals surface area contributed by atoms with Crippen LogP contribution in [0.4, 0.5) is 14.5 Å². The summed E-state index contributed by atoms with van der Waals surface area (Å²) in [5, 5.41) is 3.56. The Morgan fingerprint density at radius 1 is 0.966 bits per heavy atom. The van der Waals surface area contributed by atoms with Crippen LogP contribution < -0.4 is 10.1 Å². The second-order valence-electron chi connectivity index (χ2n) is 8.30. The first kappa shape index (κ1) is 17.9. The number of rotatable bonds is 1. The molecule has 0 aromatic heterocycles. The van der Waals surface area contributed by atoms with Crippen LogP contribution in [0.2, 0.25) is 0 Å². The maximum absolute atomic E-state index is 14.6. The number of hydrogen-bond donors (Lipinski definition) is 1. The van der Waals surface area contributed by atoms with Crippen molar-refractivity contribution in [3.8, 4) is 16.9 Å². The molecule has 0 aliphatic carbocycles. The molecule has 3 aromatic rings. The van der Waals surface area contributed by atoms with Gasteiger partial charge in [0, 0.05) is 28.4 Å². The van der Waals surface area contributed by atoms with Gasteiger partial charge in [-0.05, 0) is 49.6 Å². The number of ether oxygens (including phenoxy) is 1. The van der Waals surface area contributed by atoms with Crippen molar-refractivity contribution in [1.82, 2.24) is 0 Å². The molecule has 0 saturated heterocycles. The van der Waals surface area contributed by atoms with Crippen LogP contribution in [-0.4, -0.2) is 5.54 Å². The van der Waals surface area contributed by atoms with E-state index >= 15 is 0 Å². The van der Waals surface area contributed by atoms with Gasteiger partial charge in [-0.1, -0.05) is 42.5 Å². The normalized spacial score (nSPS) is 18.5. The summed E-state index contributed by atoms with van der Waals surface area (Å²) in [5.41, 5.74) is 6.07. The van der Waals surface area contributed by atoms with Crippen LogP contribution in [0.3, 0.4) is 0 Å². The Balaban J connectivity index is 1.84. The van der Waals surface area contributed by atoms with Crippen LogP contribution in [0.25, 0.3) is 16.7 Å². The van der Waals surface area contributed by atoms with Gasteiger partial charge in [0.15, 0.2) is 17.7 Å². The SMILES string of the molecule is CC1=CC(C)(C)Nc2ccc3c(c21)C(c1ccccc1)Oc1c(F)cc(F)cc1-3. The van der Waals surface area contributed by atoms with E-state index in [1.54, 1.807) is 0 Å². The van der Waals surface area contributed by atoms with Crippen LogP contribution in [0.15, 0.2) is 60.7 Å². The summed E-state index contributed by atoms with van der Waals surface area (Å²) in [4.78, 5) is 0. The molecule has 2 aliphatic heterocycles. The van der Waals surface area contributed by atoms with Crippen molar-refractivity contribution in [2.24, 2.45) is 0 Å². The highest BCUT2D eigenvalue weighted by atomic mass is 19.1. The fourth-order valence-corrected chi connectivity index (χ4v) is 4.57. The molecule has 0 bridgehead atoms. The van der Waals surface area contributed by atoms with Gasteiger partial charge >= 0.3 is 0 Å². The predicted molar refractivity (Wildman–Crippen MR) is 112 cm³/mol. The van der Waals surface area contributed by atoms with E-state index in [9.17, 15) is 8.78 Å². The Bertz CT molecular complexity index is 1170. The van der Waals surface area contributed by atoms with Crippen LogP contribution >= 0.6 is 0 Å². The molecule has 0 amide bonds. The zero-order valence-electron chi connectivity index (χ0n) is 16.5. The lowest BCUT2D eigenvalue weighted by atomic mass is 9.80. The first-order chi connectivity index (χ1) is 13.8. The van der Waals surface area contributed by atoms with Crippen molar-refractivity contribution in [2.45, 2.75) is 32.4 Å². The van der Waals surface area contributed by atoms with Gasteiger partial charge in [-0.3, -0.25) is 0 Å². The highest BCUT2D eigenvalue weighted by Gasteiger charge is 2.35. The average Bonchev–Trinajstić information content (AvgIpc) is 2.66. The molecule has 0 spiro atoms. The molecule has 1 atom stereocenters. The van der Waals surface area contributed by atoms with Crippen molar-refractivity contribution in [3.63, 3.8) is 0 Å². The molecule has 0 radical (unpaired) electrons. The Kier molecular flexibility index (Phi) is 3.82. The van der Waals surface area contributed by atoms with E-state index in [1.807, 2.05) is 42.5 Å². The molecule has 4 heteroatoms. The number of nitrogens with one attached hydrogen (secondary N) is 1. The van der Waals surface area contributed by atoms with E-state index < -0.39 is 17.7 Å². The third kappa shape index (κ3) is 2.82. The summed E-state index contributed by atoms with van der Waals surface area (Å²) in [6.45, 7) is 6.31. The molecule has 0 saturated carbocycles. The van der Waals surface area contributed by atoms with Gasteiger partial charge in [0.1, 0.15) is 5.82 Å². The molecule has 0 fully saturated rings. The molecule has 1 N–H and O–H groups in total. The molecule has 5 rings (SSSR count). The summed E-state index contributed by atoms with van der Waals surface area (Å²) in [6, 6.07) is 15.9. The molecular weight excluding hydrogens is 368 g/mol. The Labute approximate surface area is 168 Å². The van der Waals surface area contributed by atoms with Crippen molar-refractivity contribution < 1.29 is 13.5 Å². The molecule has 3 aromatic carbocycles. The maximum Gasteiger partial charge on any atom is 0.168 e. The molecule has 2 nitrogen and oxygen atoms in total. The monoisotopic (exact) mass is 389 g/mol. The smallest absolute Gasteiger partial charge is 0.168 e. The van der Waals surface area contributed by atoms with Gasteiger partial charge in [0.05, 0.1) is 5.54 Å². The van der Waals surface area contributed by atoms with Crippen molar-refractivity contribution >= 4 is 11.3 Å². The van der Waals surface area contributed by atoms with Gasteiger partial charge in [-0.25, -0.2) is 8.78 Å². The Morgan fingerprint density at radius 2 is 1.72 bits per heavy atom. The first-order valence-electron chi connectivity index (χ1n) is 9.70. The number of hydrogen-bond acceptors (Lipinski definition) is 2. The number of halogens is 2. The first-order valence-corrected chi connectivity index (χ1v) is 9.70. The molecule has 1 unspecified atom stereocenters. The third-order valence-electron chi connectivity index (χ3n) is 5.57. The summed E-state index contributed by atoms with van der Waals surface area (Å²) in [5.74, 6) is -1.20. The van der Waals surface area contributed by atoms with Crippen LogP contribution in [0.5, 0.6) is 5.75 Å². The van der Waals surface area contributed by atoms with Crippen molar-refractivity contribution in [2.75, 3.05) is 5.32 Å².